The number of carbonyl (C=O) groups excluding carboxylic acids is 1. The van der Waals surface area contributed by atoms with E-state index in [9.17, 15) is 10.1 Å². The van der Waals surface area contributed by atoms with Crippen LogP contribution in [0.3, 0.4) is 0 Å². The number of hydrogen-bond donors (Lipinski definition) is 3. The first-order valence-corrected chi connectivity index (χ1v) is 15.9. The summed E-state index contributed by atoms with van der Waals surface area (Å²) in [5.41, 5.74) is 0.407. The van der Waals surface area contributed by atoms with E-state index in [0.29, 0.717) is 68.7 Å². The number of halogens is 1. The molecule has 0 radical (unpaired) electrons. The maximum absolute atomic E-state index is 12.1. The Morgan fingerprint density at radius 1 is 1.16 bits per heavy atom. The van der Waals surface area contributed by atoms with Crippen LogP contribution in [0, 0.1) is 16.7 Å². The van der Waals surface area contributed by atoms with Crippen molar-refractivity contribution in [3.8, 4) is 17.3 Å². The van der Waals surface area contributed by atoms with Gasteiger partial charge in [-0.3, -0.25) is 0 Å². The molecule has 0 bridgehead atoms. The molecular weight excluding hydrogens is 568 g/mol. The quantitative estimate of drug-likeness (QED) is 0.255. The number of nitriles is 1. The van der Waals surface area contributed by atoms with Crippen molar-refractivity contribution in [2.75, 3.05) is 43.6 Å². The Labute approximate surface area is 259 Å². The van der Waals surface area contributed by atoms with E-state index in [1.807, 2.05) is 31.2 Å². The molecule has 3 heterocycles. The number of anilines is 2. The van der Waals surface area contributed by atoms with E-state index in [1.54, 1.807) is 6.20 Å². The number of carbonyl (C=O) groups is 1. The predicted octanol–water partition coefficient (Wildman–Crippen LogP) is 5.34. The number of nitrogens with zero attached hydrogens (tertiary/aromatic N) is 3. The Bertz CT molecular complexity index is 1280. The predicted molar refractivity (Wildman–Crippen MR) is 166 cm³/mol. The first-order chi connectivity index (χ1) is 20.8. The maximum atomic E-state index is 12.1. The largest absolute Gasteiger partial charge is 0.464 e. The third-order valence-corrected chi connectivity index (χ3v) is 9.04. The molecule has 0 spiro atoms. The number of aromatic nitrogens is 2. The van der Waals surface area contributed by atoms with Gasteiger partial charge in [0.05, 0.1) is 35.4 Å². The van der Waals surface area contributed by atoms with Crippen molar-refractivity contribution in [3.05, 3.63) is 35.5 Å². The summed E-state index contributed by atoms with van der Waals surface area (Å²) in [6.07, 6.45) is 8.69. The lowest BCUT2D eigenvalue weighted by molar-refractivity contribution is -0.160. The highest BCUT2D eigenvalue weighted by atomic mass is 35.5. The first-order valence-electron chi connectivity index (χ1n) is 15.5. The summed E-state index contributed by atoms with van der Waals surface area (Å²) in [7, 11) is 0. The van der Waals surface area contributed by atoms with Gasteiger partial charge in [-0.05, 0) is 83.4 Å². The summed E-state index contributed by atoms with van der Waals surface area (Å²) in [5.74, 6) is 1.25. The van der Waals surface area contributed by atoms with Crippen molar-refractivity contribution in [2.45, 2.75) is 88.9 Å². The van der Waals surface area contributed by atoms with Crippen LogP contribution in [0.2, 0.25) is 5.02 Å². The van der Waals surface area contributed by atoms with E-state index in [1.165, 1.54) is 0 Å². The molecule has 1 saturated heterocycles. The van der Waals surface area contributed by atoms with Crippen LogP contribution in [0.15, 0.2) is 30.5 Å². The van der Waals surface area contributed by atoms with Crippen LogP contribution >= 0.6 is 11.6 Å². The summed E-state index contributed by atoms with van der Waals surface area (Å²) in [6, 6.07) is 11.1. The van der Waals surface area contributed by atoms with Crippen molar-refractivity contribution in [3.63, 3.8) is 0 Å². The van der Waals surface area contributed by atoms with Crippen molar-refractivity contribution < 1.29 is 19.0 Å². The van der Waals surface area contributed by atoms with E-state index < -0.39 is 11.0 Å². The lowest BCUT2D eigenvalue weighted by Gasteiger charge is -2.32. The standard InChI is InChI=1S/C32H43ClN6O4/c1-3-42-30(40)32(11-12-32)43-19-22(2)37-23-7-9-24(10-8-23)38-29-17-25(26(33)18-35-29)27-5-4-6-28(39-27)36-21-31(20-34)13-15-41-16-14-31/h4-6,17-18,22-24,37H,3,7-16,19,21H2,1-2H3,(H,35,38)(H,36,39)/t22-,23-,24-/m0/s1. The van der Waals surface area contributed by atoms with Gasteiger partial charge in [-0.1, -0.05) is 17.7 Å². The minimum atomic E-state index is -0.712. The van der Waals surface area contributed by atoms with Gasteiger partial charge in [-0.25, -0.2) is 14.8 Å². The van der Waals surface area contributed by atoms with E-state index in [4.69, 9.17) is 30.8 Å². The minimum Gasteiger partial charge on any atom is -0.464 e. The molecule has 0 amide bonds. The Kier molecular flexibility index (Phi) is 10.4. The minimum absolute atomic E-state index is 0.154. The number of esters is 1. The summed E-state index contributed by atoms with van der Waals surface area (Å²) in [5, 5.41) is 20.9. The highest BCUT2D eigenvalue weighted by Crippen LogP contribution is 2.41. The molecule has 10 nitrogen and oxygen atoms in total. The van der Waals surface area contributed by atoms with Gasteiger partial charge in [-0.2, -0.15) is 5.26 Å². The molecule has 2 aromatic heterocycles. The smallest absolute Gasteiger partial charge is 0.338 e. The van der Waals surface area contributed by atoms with Gasteiger partial charge >= 0.3 is 5.97 Å². The fourth-order valence-electron chi connectivity index (χ4n) is 5.88. The molecule has 2 saturated carbocycles. The van der Waals surface area contributed by atoms with Crippen LogP contribution in [0.4, 0.5) is 11.6 Å². The van der Waals surface area contributed by atoms with E-state index in [-0.39, 0.29) is 12.0 Å². The second kappa shape index (κ2) is 14.2. The third-order valence-electron chi connectivity index (χ3n) is 8.74. The molecule has 11 heteroatoms. The van der Waals surface area contributed by atoms with Gasteiger partial charge in [0.1, 0.15) is 11.6 Å². The van der Waals surface area contributed by atoms with E-state index in [0.717, 1.165) is 55.6 Å². The number of hydrogen-bond acceptors (Lipinski definition) is 10. The summed E-state index contributed by atoms with van der Waals surface area (Å²) in [6.45, 7) is 6.54. The molecule has 0 unspecified atom stereocenters. The molecule has 232 valence electrons. The topological polar surface area (TPSA) is 130 Å². The van der Waals surface area contributed by atoms with Gasteiger partial charge in [0.15, 0.2) is 5.60 Å². The maximum Gasteiger partial charge on any atom is 0.338 e. The molecule has 3 aliphatic rings. The molecular formula is C32H43ClN6O4. The average Bonchev–Trinajstić information content (AvgIpc) is 3.83. The Morgan fingerprint density at radius 2 is 1.91 bits per heavy atom. The molecule has 43 heavy (non-hydrogen) atoms. The zero-order valence-corrected chi connectivity index (χ0v) is 25.9. The number of ether oxygens (including phenoxy) is 3. The second-order valence-corrected chi connectivity index (χ2v) is 12.5. The summed E-state index contributed by atoms with van der Waals surface area (Å²) < 4.78 is 16.6. The number of rotatable bonds is 13. The van der Waals surface area contributed by atoms with Crippen LogP contribution in [0.25, 0.3) is 11.3 Å². The van der Waals surface area contributed by atoms with Crippen LogP contribution in [0.1, 0.15) is 65.2 Å². The highest BCUT2D eigenvalue weighted by molar-refractivity contribution is 6.33. The zero-order valence-electron chi connectivity index (χ0n) is 25.2. The van der Waals surface area contributed by atoms with Crippen molar-refractivity contribution in [1.29, 1.82) is 5.26 Å². The van der Waals surface area contributed by atoms with Gasteiger partial charge in [-0.15, -0.1) is 0 Å². The lowest BCUT2D eigenvalue weighted by atomic mass is 9.82. The van der Waals surface area contributed by atoms with Gasteiger partial charge in [0.25, 0.3) is 0 Å². The van der Waals surface area contributed by atoms with Crippen molar-refractivity contribution in [2.24, 2.45) is 5.41 Å². The van der Waals surface area contributed by atoms with Gasteiger partial charge in [0.2, 0.25) is 0 Å². The summed E-state index contributed by atoms with van der Waals surface area (Å²) in [4.78, 5) is 21.5. The molecule has 2 aromatic rings. The summed E-state index contributed by atoms with van der Waals surface area (Å²) >= 11 is 6.58. The fourth-order valence-corrected chi connectivity index (χ4v) is 6.08. The van der Waals surface area contributed by atoms with E-state index >= 15 is 0 Å². The van der Waals surface area contributed by atoms with Gasteiger partial charge in [0, 0.05) is 49.6 Å². The zero-order chi connectivity index (χ0) is 30.3. The fraction of sp³-hybridized carbons (Fsp3) is 0.625. The van der Waals surface area contributed by atoms with Crippen molar-refractivity contribution in [1.82, 2.24) is 15.3 Å². The number of nitrogens with one attached hydrogen (secondary N) is 3. The van der Waals surface area contributed by atoms with Gasteiger partial charge < -0.3 is 30.2 Å². The normalized spacial score (nSPS) is 23.0. The first kappa shape index (κ1) is 31.5. The lowest BCUT2D eigenvalue weighted by Crippen LogP contribution is -2.44. The van der Waals surface area contributed by atoms with Crippen molar-refractivity contribution >= 4 is 29.2 Å². The molecule has 3 fully saturated rings. The average molecular weight is 611 g/mol. The Hall–Kier alpha value is -2.97. The molecule has 2 aliphatic carbocycles. The van der Waals surface area contributed by atoms with Crippen LogP contribution in [0.5, 0.6) is 0 Å². The molecule has 1 atom stereocenters. The second-order valence-electron chi connectivity index (χ2n) is 12.1. The molecule has 1 aliphatic heterocycles. The molecule has 5 rings (SSSR count). The Morgan fingerprint density at radius 3 is 2.60 bits per heavy atom. The van der Waals surface area contributed by atoms with Crippen LogP contribution in [-0.2, 0) is 19.0 Å². The van der Waals surface area contributed by atoms with Crippen LogP contribution in [-0.4, -0.2) is 72.6 Å². The highest BCUT2D eigenvalue weighted by Gasteiger charge is 2.53. The molecule has 3 N–H and O–H groups in total. The van der Waals surface area contributed by atoms with E-state index in [2.05, 4.69) is 33.9 Å². The SMILES string of the molecule is CCOC(=O)C1(OC[C@H](C)N[C@H]2CC[C@H](Nc3cc(-c4cccc(NCC5(C#N)CCOCC5)n4)c(Cl)cn3)CC2)CC1. The number of pyridine rings is 2. The Balaban J connectivity index is 1.11. The monoisotopic (exact) mass is 610 g/mol. The third kappa shape index (κ3) is 8.15. The molecule has 0 aromatic carbocycles. The van der Waals surface area contributed by atoms with Crippen LogP contribution < -0.4 is 16.0 Å².